The second kappa shape index (κ2) is 10.3. The van der Waals surface area contributed by atoms with Gasteiger partial charge in [-0.2, -0.15) is 0 Å². The molecule has 3 heterocycles. The van der Waals surface area contributed by atoms with Crippen molar-refractivity contribution in [1.29, 1.82) is 0 Å². The van der Waals surface area contributed by atoms with Crippen LogP contribution >= 0.6 is 0 Å². The maximum atomic E-state index is 12.9. The van der Waals surface area contributed by atoms with E-state index in [2.05, 4.69) is 9.88 Å². The SMILES string of the molecule is CCOC(=O)c1cnc2c(OC)ccc(OC)c2c1N1CCC(CC(=O)N2CCCC2)CC1. The van der Waals surface area contributed by atoms with Crippen LogP contribution in [-0.4, -0.2) is 68.8 Å². The molecular weight excluding hydrogens is 422 g/mol. The highest BCUT2D eigenvalue weighted by Crippen LogP contribution is 2.42. The largest absolute Gasteiger partial charge is 0.496 e. The minimum absolute atomic E-state index is 0.277. The number of pyridine rings is 1. The summed E-state index contributed by atoms with van der Waals surface area (Å²) in [7, 11) is 3.21. The first-order chi connectivity index (χ1) is 16.1. The van der Waals surface area contributed by atoms with Crippen molar-refractivity contribution in [3.05, 3.63) is 23.9 Å². The number of fused-ring (bicyclic) bond motifs is 1. The highest BCUT2D eigenvalue weighted by Gasteiger charge is 2.30. The molecule has 0 N–H and O–H groups in total. The molecule has 0 radical (unpaired) electrons. The lowest BCUT2D eigenvalue weighted by atomic mass is 9.92. The Kier molecular flexibility index (Phi) is 7.20. The van der Waals surface area contributed by atoms with Crippen molar-refractivity contribution in [1.82, 2.24) is 9.88 Å². The zero-order chi connectivity index (χ0) is 23.4. The maximum Gasteiger partial charge on any atom is 0.341 e. The smallest absolute Gasteiger partial charge is 0.341 e. The molecule has 1 aromatic heterocycles. The van der Waals surface area contributed by atoms with Gasteiger partial charge in [0.15, 0.2) is 0 Å². The molecule has 1 aromatic carbocycles. The number of esters is 1. The number of carbonyl (C=O) groups excluding carboxylic acids is 2. The number of hydrogen-bond acceptors (Lipinski definition) is 7. The number of ether oxygens (including phenoxy) is 3. The van der Waals surface area contributed by atoms with E-state index in [0.29, 0.717) is 34.9 Å². The Morgan fingerprint density at radius 3 is 2.33 bits per heavy atom. The summed E-state index contributed by atoms with van der Waals surface area (Å²) < 4.78 is 16.5. The van der Waals surface area contributed by atoms with E-state index in [0.717, 1.165) is 62.9 Å². The minimum Gasteiger partial charge on any atom is -0.496 e. The molecule has 8 nitrogen and oxygen atoms in total. The summed E-state index contributed by atoms with van der Waals surface area (Å²) >= 11 is 0. The first kappa shape index (κ1) is 23.1. The van der Waals surface area contributed by atoms with Gasteiger partial charge in [0, 0.05) is 38.8 Å². The van der Waals surface area contributed by atoms with Crippen LogP contribution in [0.2, 0.25) is 0 Å². The van der Waals surface area contributed by atoms with Crippen molar-refractivity contribution >= 4 is 28.5 Å². The second-order valence-corrected chi connectivity index (χ2v) is 8.66. The summed E-state index contributed by atoms with van der Waals surface area (Å²) in [4.78, 5) is 34.2. The number of methoxy groups -OCH3 is 2. The summed E-state index contributed by atoms with van der Waals surface area (Å²) in [5.74, 6) is 1.47. The number of aromatic nitrogens is 1. The van der Waals surface area contributed by atoms with Gasteiger partial charge in [-0.15, -0.1) is 0 Å². The number of anilines is 1. The van der Waals surface area contributed by atoms with Gasteiger partial charge in [0.25, 0.3) is 0 Å². The Balaban J connectivity index is 1.64. The van der Waals surface area contributed by atoms with Crippen LogP contribution in [-0.2, 0) is 9.53 Å². The Labute approximate surface area is 194 Å². The van der Waals surface area contributed by atoms with E-state index < -0.39 is 5.97 Å². The van der Waals surface area contributed by atoms with Gasteiger partial charge in [-0.25, -0.2) is 4.79 Å². The number of amides is 1. The predicted molar refractivity (Wildman–Crippen MR) is 126 cm³/mol. The Morgan fingerprint density at radius 2 is 1.70 bits per heavy atom. The van der Waals surface area contributed by atoms with Gasteiger partial charge < -0.3 is 24.0 Å². The van der Waals surface area contributed by atoms with Crippen LogP contribution in [0.15, 0.2) is 18.3 Å². The van der Waals surface area contributed by atoms with Gasteiger partial charge >= 0.3 is 5.97 Å². The standard InChI is InChI=1S/C25H33N3O5/c1-4-33-25(30)18-16-26-23-20(32-3)8-7-19(31-2)22(23)24(18)28-13-9-17(10-14-28)15-21(29)27-11-5-6-12-27/h7-8,16-17H,4-6,9-15H2,1-3H3. The molecule has 0 bridgehead atoms. The average Bonchev–Trinajstić information content (AvgIpc) is 3.38. The zero-order valence-corrected chi connectivity index (χ0v) is 19.8. The van der Waals surface area contributed by atoms with Crippen molar-refractivity contribution in [2.75, 3.05) is 51.9 Å². The number of carbonyl (C=O) groups is 2. The van der Waals surface area contributed by atoms with Crippen LogP contribution < -0.4 is 14.4 Å². The molecule has 1 amide bonds. The molecule has 178 valence electrons. The normalized spacial score (nSPS) is 16.8. The first-order valence-corrected chi connectivity index (χ1v) is 11.8. The van der Waals surface area contributed by atoms with E-state index in [1.165, 1.54) is 0 Å². The highest BCUT2D eigenvalue weighted by atomic mass is 16.5. The quantitative estimate of drug-likeness (QED) is 0.590. The first-order valence-electron chi connectivity index (χ1n) is 11.8. The van der Waals surface area contributed by atoms with Gasteiger partial charge in [0.1, 0.15) is 22.6 Å². The maximum absolute atomic E-state index is 12.9. The summed E-state index contributed by atoms with van der Waals surface area (Å²) in [6.07, 6.45) is 6.17. The lowest BCUT2D eigenvalue weighted by Gasteiger charge is -2.35. The fraction of sp³-hybridized carbons (Fsp3) is 0.560. The summed E-state index contributed by atoms with van der Waals surface area (Å²) in [5.41, 5.74) is 1.83. The molecule has 33 heavy (non-hydrogen) atoms. The number of nitrogens with zero attached hydrogens (tertiary/aromatic N) is 3. The third-order valence-electron chi connectivity index (χ3n) is 6.71. The molecular formula is C25H33N3O5. The molecule has 0 spiro atoms. The lowest BCUT2D eigenvalue weighted by Crippen LogP contribution is -2.37. The third kappa shape index (κ3) is 4.70. The van der Waals surface area contributed by atoms with E-state index in [4.69, 9.17) is 14.2 Å². The van der Waals surface area contributed by atoms with E-state index in [9.17, 15) is 9.59 Å². The lowest BCUT2D eigenvalue weighted by molar-refractivity contribution is -0.131. The molecule has 2 fully saturated rings. The summed E-state index contributed by atoms with van der Waals surface area (Å²) in [6, 6.07) is 3.65. The summed E-state index contributed by atoms with van der Waals surface area (Å²) in [5, 5.41) is 0.744. The topological polar surface area (TPSA) is 81.2 Å². The van der Waals surface area contributed by atoms with Crippen LogP contribution in [0.3, 0.4) is 0 Å². The van der Waals surface area contributed by atoms with Crippen molar-refractivity contribution in [2.45, 2.75) is 39.0 Å². The number of rotatable bonds is 7. The van der Waals surface area contributed by atoms with Crippen molar-refractivity contribution in [3.8, 4) is 11.5 Å². The van der Waals surface area contributed by atoms with E-state index in [1.807, 2.05) is 17.0 Å². The van der Waals surface area contributed by atoms with Crippen molar-refractivity contribution in [2.24, 2.45) is 5.92 Å². The molecule has 2 aliphatic rings. The van der Waals surface area contributed by atoms with Crippen molar-refractivity contribution in [3.63, 3.8) is 0 Å². The summed E-state index contributed by atoms with van der Waals surface area (Å²) in [6.45, 7) is 5.34. The number of benzene rings is 1. The second-order valence-electron chi connectivity index (χ2n) is 8.66. The number of likely N-dealkylation sites (tertiary alicyclic amines) is 1. The van der Waals surface area contributed by atoms with Gasteiger partial charge in [0.05, 0.1) is 31.9 Å². The molecule has 0 aliphatic carbocycles. The Morgan fingerprint density at radius 1 is 1.03 bits per heavy atom. The van der Waals surface area contributed by atoms with Crippen LogP contribution in [0, 0.1) is 5.92 Å². The fourth-order valence-electron chi connectivity index (χ4n) is 4.96. The number of piperidine rings is 1. The third-order valence-corrected chi connectivity index (χ3v) is 6.71. The highest BCUT2D eigenvalue weighted by molar-refractivity contribution is 6.09. The van der Waals surface area contributed by atoms with Gasteiger partial charge in [-0.3, -0.25) is 9.78 Å². The van der Waals surface area contributed by atoms with Crippen LogP contribution in [0.5, 0.6) is 11.5 Å². The average molecular weight is 456 g/mol. The van der Waals surface area contributed by atoms with Gasteiger partial charge in [-0.1, -0.05) is 0 Å². The van der Waals surface area contributed by atoms with Gasteiger partial charge in [0.2, 0.25) is 5.91 Å². The predicted octanol–water partition coefficient (Wildman–Crippen LogP) is 3.66. The fourth-order valence-corrected chi connectivity index (χ4v) is 4.96. The zero-order valence-electron chi connectivity index (χ0n) is 19.8. The van der Waals surface area contributed by atoms with Crippen LogP contribution in [0.4, 0.5) is 5.69 Å². The molecule has 0 saturated carbocycles. The van der Waals surface area contributed by atoms with E-state index >= 15 is 0 Å². The van der Waals surface area contributed by atoms with E-state index in [1.54, 1.807) is 27.3 Å². The molecule has 8 heteroatoms. The van der Waals surface area contributed by atoms with Gasteiger partial charge in [-0.05, 0) is 50.7 Å². The molecule has 2 aliphatic heterocycles. The molecule has 4 rings (SSSR count). The molecule has 2 saturated heterocycles. The molecule has 0 atom stereocenters. The monoisotopic (exact) mass is 455 g/mol. The van der Waals surface area contributed by atoms with Crippen molar-refractivity contribution < 1.29 is 23.8 Å². The molecule has 0 unspecified atom stereocenters. The minimum atomic E-state index is -0.405. The Hall–Kier alpha value is -3.03. The Bertz CT molecular complexity index is 1010. The van der Waals surface area contributed by atoms with Crippen LogP contribution in [0.25, 0.3) is 10.9 Å². The molecule has 2 aromatic rings. The number of hydrogen-bond donors (Lipinski definition) is 0. The van der Waals surface area contributed by atoms with E-state index in [-0.39, 0.29) is 12.5 Å². The van der Waals surface area contributed by atoms with Crippen LogP contribution in [0.1, 0.15) is 49.4 Å².